The fourth-order valence-electron chi connectivity index (χ4n) is 6.59. The summed E-state index contributed by atoms with van der Waals surface area (Å²) in [7, 11) is 0. The van der Waals surface area contributed by atoms with Crippen molar-refractivity contribution >= 4 is 11.3 Å². The van der Waals surface area contributed by atoms with Crippen LogP contribution in [0, 0.1) is 11.8 Å². The highest BCUT2D eigenvalue weighted by Gasteiger charge is 2.26. The van der Waals surface area contributed by atoms with Gasteiger partial charge >= 0.3 is 0 Å². The zero-order chi connectivity index (χ0) is 25.5. The van der Waals surface area contributed by atoms with Crippen LogP contribution < -0.4 is 4.90 Å². The molecule has 0 heterocycles. The predicted molar refractivity (Wildman–Crippen MR) is 161 cm³/mol. The molecule has 0 N–H and O–H groups in total. The summed E-state index contributed by atoms with van der Waals surface area (Å²) in [6, 6.07) is 16.5. The van der Waals surface area contributed by atoms with E-state index in [1.807, 2.05) is 0 Å². The van der Waals surface area contributed by atoms with Gasteiger partial charge in [0, 0.05) is 23.0 Å². The smallest absolute Gasteiger partial charge is 0.0461 e. The largest absolute Gasteiger partial charge is 0.311 e. The Bertz CT molecular complexity index is 1420. The Morgan fingerprint density at radius 1 is 0.974 bits per heavy atom. The summed E-state index contributed by atoms with van der Waals surface area (Å²) in [5, 5.41) is 0. The third-order valence-corrected chi connectivity index (χ3v) is 9.31. The van der Waals surface area contributed by atoms with Gasteiger partial charge in [0.1, 0.15) is 0 Å². The summed E-state index contributed by atoms with van der Waals surface area (Å²) < 4.78 is 0. The summed E-state index contributed by atoms with van der Waals surface area (Å²) in [5.41, 5.74) is 14.5. The monoisotopic (exact) mass is 497 g/mol. The number of nitrogens with zero attached hydrogens (tertiary/aromatic N) is 1. The first-order chi connectivity index (χ1) is 18.7. The molecular weight excluding hydrogens is 458 g/mol. The lowest BCUT2D eigenvalue weighted by Crippen LogP contribution is -2.20. The molecule has 1 nitrogen and oxygen atoms in total. The van der Waals surface area contributed by atoms with E-state index in [-0.39, 0.29) is 0 Å². The molecule has 0 spiro atoms. The second kappa shape index (κ2) is 10.1. The summed E-state index contributed by atoms with van der Waals surface area (Å²) in [6.45, 7) is 2.25. The number of allylic oxidation sites excluding steroid dienone is 10. The molecule has 2 aromatic carbocycles. The van der Waals surface area contributed by atoms with Gasteiger partial charge in [0.05, 0.1) is 0 Å². The van der Waals surface area contributed by atoms with Crippen LogP contribution in [0.15, 0.2) is 108 Å². The van der Waals surface area contributed by atoms with Crippen LogP contribution in [0.25, 0.3) is 5.57 Å². The molecule has 0 aromatic heterocycles. The first-order valence-corrected chi connectivity index (χ1v) is 14.9. The van der Waals surface area contributed by atoms with Crippen LogP contribution in [0.2, 0.25) is 0 Å². The molecule has 0 saturated heterocycles. The number of fused-ring (bicyclic) bond motifs is 2. The average Bonchev–Trinajstić information content (AvgIpc) is 3.32. The summed E-state index contributed by atoms with van der Waals surface area (Å²) in [5.74, 6) is 1.27. The molecule has 2 atom stereocenters. The van der Waals surface area contributed by atoms with Crippen molar-refractivity contribution in [1.82, 2.24) is 0 Å². The Morgan fingerprint density at radius 3 is 2.50 bits per heavy atom. The quantitative estimate of drug-likeness (QED) is 0.351. The Kier molecular flexibility index (Phi) is 6.32. The fourth-order valence-corrected chi connectivity index (χ4v) is 6.59. The first-order valence-electron chi connectivity index (χ1n) is 14.9. The van der Waals surface area contributed by atoms with Crippen molar-refractivity contribution in [3.05, 3.63) is 130 Å². The minimum Gasteiger partial charge on any atom is -0.311 e. The second-order valence-corrected chi connectivity index (χ2v) is 11.8. The van der Waals surface area contributed by atoms with Gasteiger partial charge in [0.25, 0.3) is 0 Å². The van der Waals surface area contributed by atoms with Gasteiger partial charge in [-0.25, -0.2) is 0 Å². The third-order valence-electron chi connectivity index (χ3n) is 9.31. The molecule has 38 heavy (non-hydrogen) atoms. The maximum Gasteiger partial charge on any atom is 0.0461 e. The first kappa shape index (κ1) is 23.8. The molecule has 5 aliphatic rings. The van der Waals surface area contributed by atoms with Crippen molar-refractivity contribution in [3.63, 3.8) is 0 Å². The Balaban J connectivity index is 1.18. The van der Waals surface area contributed by atoms with Crippen LogP contribution in [0.1, 0.15) is 74.1 Å². The molecule has 1 heteroatoms. The zero-order valence-electron chi connectivity index (χ0n) is 22.8. The van der Waals surface area contributed by atoms with E-state index in [4.69, 9.17) is 0 Å². The molecule has 2 aromatic rings. The van der Waals surface area contributed by atoms with E-state index in [2.05, 4.69) is 96.8 Å². The molecule has 192 valence electrons. The lowest BCUT2D eigenvalue weighted by molar-refractivity contribution is 0.445. The SMILES string of the molecule is CC/C=C(\C=C1CCC1)N(C1=CC(Cc2ccc3c(c2)CC3)C=C1)c1ccc(C2=CCC3CCC3=C2)cc1. The van der Waals surface area contributed by atoms with Gasteiger partial charge in [-0.1, -0.05) is 78.8 Å². The van der Waals surface area contributed by atoms with E-state index in [1.54, 1.807) is 22.3 Å². The Labute approximate surface area is 228 Å². The number of hydrogen-bond acceptors (Lipinski definition) is 1. The topological polar surface area (TPSA) is 3.24 Å². The number of aryl methyl sites for hydroxylation is 2. The van der Waals surface area contributed by atoms with Crippen molar-refractivity contribution in [2.24, 2.45) is 11.8 Å². The number of anilines is 1. The Morgan fingerprint density at radius 2 is 1.84 bits per heavy atom. The van der Waals surface area contributed by atoms with Crippen LogP contribution >= 0.6 is 0 Å². The normalized spacial score (nSPS) is 23.2. The lowest BCUT2D eigenvalue weighted by Gasteiger charge is -2.33. The average molecular weight is 498 g/mol. The van der Waals surface area contributed by atoms with Gasteiger partial charge in [-0.2, -0.15) is 0 Å². The number of rotatable bonds is 8. The Hall–Kier alpha value is -3.32. The van der Waals surface area contributed by atoms with Crippen LogP contribution in [-0.2, 0) is 19.3 Å². The van der Waals surface area contributed by atoms with E-state index >= 15 is 0 Å². The molecular formula is C37H39N. The van der Waals surface area contributed by atoms with E-state index in [0.29, 0.717) is 5.92 Å². The second-order valence-electron chi connectivity index (χ2n) is 11.8. The van der Waals surface area contributed by atoms with Gasteiger partial charge in [-0.05, 0) is 122 Å². The van der Waals surface area contributed by atoms with E-state index in [0.717, 1.165) is 18.8 Å². The van der Waals surface area contributed by atoms with Crippen molar-refractivity contribution < 1.29 is 0 Å². The molecule has 2 saturated carbocycles. The van der Waals surface area contributed by atoms with E-state index < -0.39 is 0 Å². The third kappa shape index (κ3) is 4.57. The molecule has 0 aliphatic heterocycles. The standard InChI is InChI=1S/C37H39N/c1-2-4-36(23-26-5-3-6-26)38(35-19-16-31(17-20-35)34-15-12-30-11-14-33(30)25-34)37-18-8-28(24-37)21-27-7-9-29-10-13-32(29)22-27/h4,7-9,15-20,22-25,28,30H,2-3,5-6,10-14,21H2,1H3/b36-4+. The maximum absolute atomic E-state index is 2.50. The molecule has 7 rings (SSSR count). The molecule has 0 amide bonds. The number of hydrogen-bond donors (Lipinski definition) is 0. The molecule has 2 unspecified atom stereocenters. The van der Waals surface area contributed by atoms with Gasteiger partial charge in [-0.15, -0.1) is 0 Å². The molecule has 0 bridgehead atoms. The molecule has 0 radical (unpaired) electrons. The minimum atomic E-state index is 0.443. The summed E-state index contributed by atoms with van der Waals surface area (Å²) >= 11 is 0. The molecule has 2 fully saturated rings. The van der Waals surface area contributed by atoms with E-state index in [9.17, 15) is 0 Å². The van der Waals surface area contributed by atoms with Crippen molar-refractivity contribution in [1.29, 1.82) is 0 Å². The van der Waals surface area contributed by atoms with Crippen molar-refractivity contribution in [2.45, 2.75) is 71.1 Å². The highest BCUT2D eigenvalue weighted by Crippen LogP contribution is 2.42. The van der Waals surface area contributed by atoms with Gasteiger partial charge in [0.15, 0.2) is 0 Å². The highest BCUT2D eigenvalue weighted by atomic mass is 15.2. The maximum atomic E-state index is 2.50. The van der Waals surface area contributed by atoms with Gasteiger partial charge < -0.3 is 4.90 Å². The zero-order valence-corrected chi connectivity index (χ0v) is 22.8. The summed E-state index contributed by atoms with van der Waals surface area (Å²) in [6.07, 6.45) is 29.4. The highest BCUT2D eigenvalue weighted by molar-refractivity contribution is 5.78. The van der Waals surface area contributed by atoms with Crippen molar-refractivity contribution in [3.8, 4) is 0 Å². The van der Waals surface area contributed by atoms with Gasteiger partial charge in [-0.3, -0.25) is 0 Å². The number of benzene rings is 2. The van der Waals surface area contributed by atoms with Gasteiger partial charge in [0.2, 0.25) is 0 Å². The van der Waals surface area contributed by atoms with Crippen LogP contribution in [-0.4, -0.2) is 0 Å². The molecule has 5 aliphatic carbocycles. The fraction of sp³-hybridized carbons (Fsp3) is 0.351. The van der Waals surface area contributed by atoms with Crippen molar-refractivity contribution in [2.75, 3.05) is 4.90 Å². The minimum absolute atomic E-state index is 0.443. The van der Waals surface area contributed by atoms with E-state index in [1.165, 1.54) is 85.1 Å². The van der Waals surface area contributed by atoms with Crippen LogP contribution in [0.3, 0.4) is 0 Å². The predicted octanol–water partition coefficient (Wildman–Crippen LogP) is 9.43. The van der Waals surface area contributed by atoms with Crippen LogP contribution in [0.5, 0.6) is 0 Å². The summed E-state index contributed by atoms with van der Waals surface area (Å²) in [4.78, 5) is 2.50. The van der Waals surface area contributed by atoms with Crippen LogP contribution in [0.4, 0.5) is 5.69 Å². The lowest BCUT2D eigenvalue weighted by atomic mass is 9.73.